The molecule has 0 bridgehead atoms. The van der Waals surface area contributed by atoms with Crippen molar-refractivity contribution in [1.29, 1.82) is 0 Å². The molecule has 4 nitrogen and oxygen atoms in total. The van der Waals surface area contributed by atoms with Gasteiger partial charge in [0.05, 0.1) is 0 Å². The summed E-state index contributed by atoms with van der Waals surface area (Å²) < 4.78 is 0. The molecule has 0 radical (unpaired) electrons. The molecule has 1 aliphatic rings. The molecule has 0 aromatic carbocycles. The fourth-order valence-electron chi connectivity index (χ4n) is 1.94. The zero-order chi connectivity index (χ0) is 9.68. The minimum absolute atomic E-state index is 0.301. The molecule has 2 atom stereocenters. The summed E-state index contributed by atoms with van der Waals surface area (Å²) in [6.07, 6.45) is 3.56. The SMILES string of the molecule is CN=C(N)NCC1CCCC1CO. The van der Waals surface area contributed by atoms with E-state index in [0.29, 0.717) is 24.4 Å². The molecule has 0 aliphatic heterocycles. The van der Waals surface area contributed by atoms with Gasteiger partial charge in [-0.2, -0.15) is 0 Å². The summed E-state index contributed by atoms with van der Waals surface area (Å²) in [5, 5.41) is 12.1. The van der Waals surface area contributed by atoms with E-state index in [1.165, 1.54) is 12.8 Å². The zero-order valence-corrected chi connectivity index (χ0v) is 8.16. The van der Waals surface area contributed by atoms with Gasteiger partial charge in [-0.1, -0.05) is 6.42 Å². The third kappa shape index (κ3) is 2.88. The number of rotatable bonds is 3. The average molecular weight is 185 g/mol. The van der Waals surface area contributed by atoms with Crippen molar-refractivity contribution in [1.82, 2.24) is 5.32 Å². The molecule has 0 saturated heterocycles. The molecule has 1 aliphatic carbocycles. The quantitative estimate of drug-likeness (QED) is 0.426. The Kier molecular flexibility index (Phi) is 4.02. The van der Waals surface area contributed by atoms with Crippen molar-refractivity contribution in [2.45, 2.75) is 19.3 Å². The van der Waals surface area contributed by atoms with E-state index in [0.717, 1.165) is 13.0 Å². The van der Waals surface area contributed by atoms with Gasteiger partial charge in [0.25, 0.3) is 0 Å². The number of hydrogen-bond acceptors (Lipinski definition) is 2. The van der Waals surface area contributed by atoms with Crippen LogP contribution in [0.15, 0.2) is 4.99 Å². The van der Waals surface area contributed by atoms with E-state index in [-0.39, 0.29) is 0 Å². The van der Waals surface area contributed by atoms with Crippen molar-refractivity contribution in [2.24, 2.45) is 22.6 Å². The Bertz CT molecular complexity index is 182. The Hall–Kier alpha value is -0.770. The van der Waals surface area contributed by atoms with E-state index >= 15 is 0 Å². The van der Waals surface area contributed by atoms with Crippen LogP contribution in [0.2, 0.25) is 0 Å². The second-order valence-electron chi connectivity index (χ2n) is 3.62. The minimum atomic E-state index is 0.301. The first kappa shape index (κ1) is 10.3. The largest absolute Gasteiger partial charge is 0.396 e. The first-order chi connectivity index (χ1) is 6.27. The summed E-state index contributed by atoms with van der Waals surface area (Å²) in [6, 6.07) is 0. The van der Waals surface area contributed by atoms with Crippen LogP contribution in [0.3, 0.4) is 0 Å². The highest BCUT2D eigenvalue weighted by molar-refractivity contribution is 5.77. The van der Waals surface area contributed by atoms with E-state index in [4.69, 9.17) is 10.8 Å². The predicted molar refractivity (Wildman–Crippen MR) is 53.5 cm³/mol. The van der Waals surface area contributed by atoms with Crippen molar-refractivity contribution in [3.8, 4) is 0 Å². The Morgan fingerprint density at radius 2 is 2.23 bits per heavy atom. The van der Waals surface area contributed by atoms with Gasteiger partial charge in [-0.05, 0) is 24.7 Å². The number of guanidine groups is 1. The Morgan fingerprint density at radius 1 is 1.54 bits per heavy atom. The monoisotopic (exact) mass is 185 g/mol. The molecule has 0 amide bonds. The van der Waals surface area contributed by atoms with Gasteiger partial charge in [0.1, 0.15) is 0 Å². The normalized spacial score (nSPS) is 29.2. The molecular formula is C9H19N3O. The molecule has 0 aromatic heterocycles. The zero-order valence-electron chi connectivity index (χ0n) is 8.16. The van der Waals surface area contributed by atoms with E-state index < -0.39 is 0 Å². The van der Waals surface area contributed by atoms with Crippen LogP contribution in [0.5, 0.6) is 0 Å². The van der Waals surface area contributed by atoms with E-state index in [2.05, 4.69) is 10.3 Å². The maximum atomic E-state index is 9.07. The topological polar surface area (TPSA) is 70.6 Å². The second-order valence-corrected chi connectivity index (χ2v) is 3.62. The van der Waals surface area contributed by atoms with Crippen LogP contribution in [-0.4, -0.2) is 31.3 Å². The molecule has 1 fully saturated rings. The summed E-state index contributed by atoms with van der Waals surface area (Å²) in [5.41, 5.74) is 5.51. The standard InChI is InChI=1S/C9H19N3O/c1-11-9(10)12-5-7-3-2-4-8(7)6-13/h7-8,13H,2-6H2,1H3,(H3,10,11,12). The van der Waals surface area contributed by atoms with Gasteiger partial charge in [-0.15, -0.1) is 0 Å². The number of nitrogens with one attached hydrogen (secondary N) is 1. The molecule has 2 unspecified atom stereocenters. The fourth-order valence-corrected chi connectivity index (χ4v) is 1.94. The van der Waals surface area contributed by atoms with Crippen LogP contribution in [0.4, 0.5) is 0 Å². The first-order valence-corrected chi connectivity index (χ1v) is 4.85. The van der Waals surface area contributed by atoms with Gasteiger partial charge in [0.2, 0.25) is 0 Å². The highest BCUT2D eigenvalue weighted by atomic mass is 16.3. The molecule has 4 heteroatoms. The fraction of sp³-hybridized carbons (Fsp3) is 0.889. The highest BCUT2D eigenvalue weighted by Gasteiger charge is 2.26. The summed E-state index contributed by atoms with van der Waals surface area (Å²) in [5.74, 6) is 1.51. The number of aliphatic hydroxyl groups excluding tert-OH is 1. The number of nitrogens with two attached hydrogens (primary N) is 1. The maximum absolute atomic E-state index is 9.07. The van der Waals surface area contributed by atoms with E-state index in [9.17, 15) is 0 Å². The van der Waals surface area contributed by atoms with Crippen LogP contribution < -0.4 is 11.1 Å². The van der Waals surface area contributed by atoms with Crippen LogP contribution >= 0.6 is 0 Å². The lowest BCUT2D eigenvalue weighted by molar-refractivity contribution is 0.195. The molecule has 0 spiro atoms. The van der Waals surface area contributed by atoms with Crippen LogP contribution in [0.1, 0.15) is 19.3 Å². The summed E-state index contributed by atoms with van der Waals surface area (Å²) >= 11 is 0. The smallest absolute Gasteiger partial charge is 0.188 e. The maximum Gasteiger partial charge on any atom is 0.188 e. The average Bonchev–Trinajstić information content (AvgIpc) is 2.61. The number of aliphatic hydroxyl groups is 1. The third-order valence-electron chi connectivity index (χ3n) is 2.84. The lowest BCUT2D eigenvalue weighted by Crippen LogP contribution is -2.36. The van der Waals surface area contributed by atoms with E-state index in [1.807, 2.05) is 0 Å². The summed E-state index contributed by atoms with van der Waals surface area (Å²) in [6.45, 7) is 1.14. The Balaban J connectivity index is 2.27. The van der Waals surface area contributed by atoms with Gasteiger partial charge in [0, 0.05) is 20.2 Å². The van der Waals surface area contributed by atoms with Crippen LogP contribution in [0, 0.1) is 11.8 Å². The number of aliphatic imine (C=N–C) groups is 1. The van der Waals surface area contributed by atoms with Gasteiger partial charge >= 0.3 is 0 Å². The molecule has 4 N–H and O–H groups in total. The van der Waals surface area contributed by atoms with Crippen LogP contribution in [-0.2, 0) is 0 Å². The summed E-state index contributed by atoms with van der Waals surface area (Å²) in [4.78, 5) is 3.82. The molecule has 0 heterocycles. The van der Waals surface area contributed by atoms with E-state index in [1.54, 1.807) is 7.05 Å². The number of hydrogen-bond donors (Lipinski definition) is 3. The third-order valence-corrected chi connectivity index (χ3v) is 2.84. The molecule has 1 rings (SSSR count). The lowest BCUT2D eigenvalue weighted by Gasteiger charge is -2.17. The molecular weight excluding hydrogens is 166 g/mol. The highest BCUT2D eigenvalue weighted by Crippen LogP contribution is 2.30. The van der Waals surface area contributed by atoms with Crippen molar-refractivity contribution in [3.63, 3.8) is 0 Å². The Labute approximate surface area is 79.2 Å². The minimum Gasteiger partial charge on any atom is -0.396 e. The molecule has 1 saturated carbocycles. The van der Waals surface area contributed by atoms with Crippen molar-refractivity contribution in [3.05, 3.63) is 0 Å². The van der Waals surface area contributed by atoms with Gasteiger partial charge in [-0.25, -0.2) is 0 Å². The summed E-state index contributed by atoms with van der Waals surface area (Å²) in [7, 11) is 1.67. The first-order valence-electron chi connectivity index (χ1n) is 4.85. The second kappa shape index (κ2) is 5.07. The van der Waals surface area contributed by atoms with Crippen molar-refractivity contribution < 1.29 is 5.11 Å². The van der Waals surface area contributed by atoms with Crippen molar-refractivity contribution >= 4 is 5.96 Å². The Morgan fingerprint density at radius 3 is 2.85 bits per heavy atom. The molecule has 76 valence electrons. The van der Waals surface area contributed by atoms with Gasteiger partial charge < -0.3 is 16.2 Å². The van der Waals surface area contributed by atoms with Crippen LogP contribution in [0.25, 0.3) is 0 Å². The number of nitrogens with zero attached hydrogens (tertiary/aromatic N) is 1. The lowest BCUT2D eigenvalue weighted by atomic mass is 9.97. The van der Waals surface area contributed by atoms with Crippen molar-refractivity contribution in [2.75, 3.05) is 20.2 Å². The molecule has 13 heavy (non-hydrogen) atoms. The predicted octanol–water partition coefficient (Wildman–Crippen LogP) is -0.0709. The van der Waals surface area contributed by atoms with Gasteiger partial charge in [-0.3, -0.25) is 4.99 Å². The molecule has 0 aromatic rings. The van der Waals surface area contributed by atoms with Gasteiger partial charge in [0.15, 0.2) is 5.96 Å².